The van der Waals surface area contributed by atoms with E-state index in [1.807, 2.05) is 13.8 Å². The van der Waals surface area contributed by atoms with E-state index in [0.717, 1.165) is 5.69 Å². The zero-order valence-electron chi connectivity index (χ0n) is 16.7. The Morgan fingerprint density at radius 2 is 1.74 bits per heavy atom. The molecule has 0 spiro atoms. The van der Waals surface area contributed by atoms with Gasteiger partial charge < -0.3 is 9.64 Å². The molecule has 5 nitrogen and oxygen atoms in total. The molecule has 0 bridgehead atoms. The van der Waals surface area contributed by atoms with Crippen LogP contribution in [0.4, 0.5) is 18.9 Å². The number of carbonyl (C=O) groups excluding carboxylic acids is 1. The predicted octanol–water partition coefficient (Wildman–Crippen LogP) is 6.30. The van der Waals surface area contributed by atoms with Crippen molar-refractivity contribution in [2.75, 3.05) is 11.4 Å². The molecule has 1 amide bonds. The first-order chi connectivity index (χ1) is 14.8. The highest BCUT2D eigenvalue weighted by atomic mass is 35.5. The lowest BCUT2D eigenvalue weighted by atomic mass is 10.1. The zero-order chi connectivity index (χ0) is 22.6. The smallest absolute Gasteiger partial charge is 0.406 e. The summed E-state index contributed by atoms with van der Waals surface area (Å²) >= 11 is 7.08. The van der Waals surface area contributed by atoms with Crippen molar-refractivity contribution in [1.29, 1.82) is 0 Å². The number of ether oxygens (including phenoxy) is 1. The molecule has 0 aliphatic carbocycles. The molecule has 10 heteroatoms. The second-order valence-corrected chi connectivity index (χ2v) is 7.63. The fourth-order valence-electron chi connectivity index (χ4n) is 3.07. The van der Waals surface area contributed by atoms with Gasteiger partial charge in [0.2, 0.25) is 5.91 Å². The number of rotatable bonds is 4. The molecule has 2 aromatic carbocycles. The minimum Gasteiger partial charge on any atom is -0.406 e. The largest absolute Gasteiger partial charge is 0.573 e. The van der Waals surface area contributed by atoms with Gasteiger partial charge in [-0.3, -0.25) is 4.79 Å². The maximum atomic E-state index is 12.4. The molecule has 3 aromatic rings. The Bertz CT molecular complexity index is 1020. The summed E-state index contributed by atoms with van der Waals surface area (Å²) in [7, 11) is 0. The van der Waals surface area contributed by atoms with Crippen LogP contribution >= 0.6 is 23.1 Å². The van der Waals surface area contributed by atoms with Crippen molar-refractivity contribution in [3.8, 4) is 17.1 Å². The predicted molar refractivity (Wildman–Crippen MR) is 115 cm³/mol. The van der Waals surface area contributed by atoms with Crippen molar-refractivity contribution in [2.24, 2.45) is 0 Å². The van der Waals surface area contributed by atoms with Gasteiger partial charge in [-0.2, -0.15) is 4.37 Å². The number of nitrogens with zero attached hydrogens (tertiary/aromatic N) is 3. The van der Waals surface area contributed by atoms with Gasteiger partial charge in [0.1, 0.15) is 10.8 Å². The normalized spacial score (nSPS) is 16.1. The summed E-state index contributed by atoms with van der Waals surface area (Å²) in [5.41, 5.74) is 1.34. The lowest BCUT2D eigenvalue weighted by Gasteiger charge is -2.16. The average molecular weight is 470 g/mol. The van der Waals surface area contributed by atoms with Crippen LogP contribution in [0.25, 0.3) is 11.4 Å². The summed E-state index contributed by atoms with van der Waals surface area (Å²) in [4.78, 5) is 18.6. The number of alkyl halides is 3. The molecule has 1 atom stereocenters. The summed E-state index contributed by atoms with van der Waals surface area (Å²) in [5, 5.41) is 1.30. The Hall–Kier alpha value is -2.65. The molecule has 2 heterocycles. The van der Waals surface area contributed by atoms with Crippen molar-refractivity contribution in [1.82, 2.24) is 9.36 Å². The van der Waals surface area contributed by atoms with Crippen LogP contribution in [0, 0.1) is 0 Å². The second-order valence-electron chi connectivity index (χ2n) is 6.41. The average Bonchev–Trinajstić information content (AvgIpc) is 3.37. The highest BCUT2D eigenvalue weighted by molar-refractivity contribution is 7.05. The molecule has 1 aliphatic heterocycles. The van der Waals surface area contributed by atoms with E-state index in [9.17, 15) is 18.0 Å². The molecule has 1 aliphatic rings. The molecule has 0 saturated carbocycles. The third-order valence-electron chi connectivity index (χ3n) is 4.40. The van der Waals surface area contributed by atoms with E-state index in [0.29, 0.717) is 34.4 Å². The standard InChI is InChI=1S/C19H13ClF3N3O2S.C2H6/c20-13-3-5-14(6-4-13)26-10-12(9-16(26)27)18-24-17(25-29-18)11-1-7-15(8-2-11)28-19(21,22)23;1-2/h1-8,12H,9-10H2;1-2H3. The summed E-state index contributed by atoms with van der Waals surface area (Å²) < 4.78 is 44.9. The van der Waals surface area contributed by atoms with Gasteiger partial charge in [0.05, 0.1) is 0 Å². The summed E-state index contributed by atoms with van der Waals surface area (Å²) in [6.45, 7) is 4.48. The van der Waals surface area contributed by atoms with E-state index >= 15 is 0 Å². The minimum atomic E-state index is -4.74. The molecular weight excluding hydrogens is 451 g/mol. The molecule has 0 N–H and O–H groups in total. The first-order valence-electron chi connectivity index (χ1n) is 9.54. The maximum absolute atomic E-state index is 12.4. The van der Waals surface area contributed by atoms with Crippen LogP contribution in [-0.4, -0.2) is 28.2 Å². The molecule has 1 fully saturated rings. The topological polar surface area (TPSA) is 55.3 Å². The van der Waals surface area contributed by atoms with Gasteiger partial charge in [0.25, 0.3) is 0 Å². The number of anilines is 1. The van der Waals surface area contributed by atoms with Gasteiger partial charge >= 0.3 is 6.36 Å². The Balaban J connectivity index is 0.00000132. The Morgan fingerprint density at radius 3 is 2.35 bits per heavy atom. The zero-order valence-corrected chi connectivity index (χ0v) is 18.3. The van der Waals surface area contributed by atoms with E-state index in [2.05, 4.69) is 14.1 Å². The summed E-state index contributed by atoms with van der Waals surface area (Å²) in [6.07, 6.45) is -4.42. The van der Waals surface area contributed by atoms with Crippen LogP contribution in [0.2, 0.25) is 5.02 Å². The SMILES string of the molecule is CC.O=C1CC(c2nc(-c3ccc(OC(F)(F)F)cc3)ns2)CN1c1ccc(Cl)cc1. The van der Waals surface area contributed by atoms with Gasteiger partial charge in [-0.05, 0) is 60.1 Å². The maximum Gasteiger partial charge on any atom is 0.573 e. The third-order valence-corrected chi connectivity index (χ3v) is 5.53. The number of aromatic nitrogens is 2. The Morgan fingerprint density at radius 1 is 1.10 bits per heavy atom. The third kappa shape index (κ3) is 5.74. The molecular formula is C21H19ClF3N3O2S. The van der Waals surface area contributed by atoms with Crippen LogP contribution in [0.15, 0.2) is 48.5 Å². The van der Waals surface area contributed by atoms with Crippen LogP contribution in [0.5, 0.6) is 5.75 Å². The van der Waals surface area contributed by atoms with Crippen molar-refractivity contribution in [3.05, 3.63) is 58.6 Å². The van der Waals surface area contributed by atoms with Gasteiger partial charge in [0, 0.05) is 35.2 Å². The van der Waals surface area contributed by atoms with E-state index in [1.165, 1.54) is 35.8 Å². The van der Waals surface area contributed by atoms with Crippen LogP contribution in [0.1, 0.15) is 31.2 Å². The number of hydrogen-bond acceptors (Lipinski definition) is 5. The van der Waals surface area contributed by atoms with Gasteiger partial charge in [-0.15, -0.1) is 13.2 Å². The van der Waals surface area contributed by atoms with Crippen LogP contribution in [0.3, 0.4) is 0 Å². The van der Waals surface area contributed by atoms with Crippen LogP contribution in [-0.2, 0) is 4.79 Å². The fourth-order valence-corrected chi connectivity index (χ4v) is 3.95. The monoisotopic (exact) mass is 469 g/mol. The Labute approximate surface area is 186 Å². The number of amides is 1. The number of hydrogen-bond donors (Lipinski definition) is 0. The van der Waals surface area contributed by atoms with Gasteiger partial charge in [-0.25, -0.2) is 4.98 Å². The quantitative estimate of drug-likeness (QED) is 0.449. The lowest BCUT2D eigenvalue weighted by molar-refractivity contribution is -0.274. The van der Waals surface area contributed by atoms with Crippen molar-refractivity contribution >= 4 is 34.7 Å². The first-order valence-corrected chi connectivity index (χ1v) is 10.7. The van der Waals surface area contributed by atoms with E-state index in [1.54, 1.807) is 29.2 Å². The molecule has 1 saturated heterocycles. The first kappa shape index (κ1) is 23.0. The summed E-state index contributed by atoms with van der Waals surface area (Å²) in [5.74, 6) is -0.0161. The number of halogens is 4. The second kappa shape index (κ2) is 9.65. The van der Waals surface area contributed by atoms with Gasteiger partial charge in [0.15, 0.2) is 5.82 Å². The minimum absolute atomic E-state index is 0.0114. The Kier molecular flexibility index (Phi) is 7.17. The highest BCUT2D eigenvalue weighted by Gasteiger charge is 2.34. The van der Waals surface area contributed by atoms with Crippen LogP contribution < -0.4 is 9.64 Å². The van der Waals surface area contributed by atoms with Crippen molar-refractivity contribution in [2.45, 2.75) is 32.5 Å². The highest BCUT2D eigenvalue weighted by Crippen LogP contribution is 2.34. The lowest BCUT2D eigenvalue weighted by Crippen LogP contribution is -2.24. The van der Waals surface area contributed by atoms with E-state index in [4.69, 9.17) is 11.6 Å². The molecule has 1 aromatic heterocycles. The van der Waals surface area contributed by atoms with E-state index in [-0.39, 0.29) is 17.6 Å². The fraction of sp³-hybridized carbons (Fsp3) is 0.286. The molecule has 164 valence electrons. The molecule has 4 rings (SSSR count). The van der Waals surface area contributed by atoms with Crippen molar-refractivity contribution < 1.29 is 22.7 Å². The number of carbonyl (C=O) groups is 1. The summed E-state index contributed by atoms with van der Waals surface area (Å²) in [6, 6.07) is 12.4. The van der Waals surface area contributed by atoms with E-state index < -0.39 is 6.36 Å². The molecule has 0 radical (unpaired) electrons. The molecule has 31 heavy (non-hydrogen) atoms. The molecule has 1 unspecified atom stereocenters. The number of benzene rings is 2. The van der Waals surface area contributed by atoms with Gasteiger partial charge in [-0.1, -0.05) is 25.4 Å². The van der Waals surface area contributed by atoms with Crippen molar-refractivity contribution in [3.63, 3.8) is 0 Å².